The zero-order chi connectivity index (χ0) is 6.83. The molecule has 0 nitrogen and oxygen atoms in total. The summed E-state index contributed by atoms with van der Waals surface area (Å²) in [6.45, 7) is 8.42. The Morgan fingerprint density at radius 2 is 1.22 bits per heavy atom. The van der Waals surface area contributed by atoms with Crippen LogP contribution in [-0.2, 0) is 0 Å². The van der Waals surface area contributed by atoms with Crippen molar-refractivity contribution < 1.29 is 18.9 Å². The molecular weight excluding hydrogens is 103 g/mol. The molecule has 1 heteroatoms. The maximum Gasteiger partial charge on any atom is 1.00 e. The molecule has 0 heterocycles. The summed E-state index contributed by atoms with van der Waals surface area (Å²) in [4.78, 5) is 0. The predicted octanol–water partition coefficient (Wildman–Crippen LogP) is 0.431. The molecule has 0 aromatic rings. The van der Waals surface area contributed by atoms with E-state index in [2.05, 4.69) is 13.8 Å². The third-order valence-electron chi connectivity index (χ3n) is 0.707. The van der Waals surface area contributed by atoms with E-state index in [-0.39, 0.29) is 18.9 Å². The molecule has 0 aliphatic carbocycles. The summed E-state index contributed by atoms with van der Waals surface area (Å²) in [5.41, 5.74) is 0. The van der Waals surface area contributed by atoms with Crippen LogP contribution in [0.1, 0.15) is 47.0 Å². The Hall–Kier alpha value is 0.597. The van der Waals surface area contributed by atoms with Crippen molar-refractivity contribution in [1.82, 2.24) is 0 Å². The minimum absolute atomic E-state index is 0. The van der Waals surface area contributed by atoms with Gasteiger partial charge in [0.2, 0.25) is 0 Å². The number of hydrogen-bond donors (Lipinski definition) is 0. The third-order valence-corrected chi connectivity index (χ3v) is 0.707. The van der Waals surface area contributed by atoms with E-state index in [9.17, 15) is 0 Å². The minimum Gasteiger partial charge on any atom is -0.335 e. The van der Waals surface area contributed by atoms with E-state index >= 15 is 0 Å². The van der Waals surface area contributed by atoms with Gasteiger partial charge in [-0.15, -0.1) is 0 Å². The Balaban J connectivity index is -0.0000000800. The normalized spacial score (nSPS) is 6.67. The Morgan fingerprint density at radius 1 is 1.00 bits per heavy atom. The van der Waals surface area contributed by atoms with Crippen molar-refractivity contribution in [2.45, 2.75) is 47.0 Å². The first kappa shape index (κ1) is 16.3. The van der Waals surface area contributed by atoms with Crippen molar-refractivity contribution in [3.8, 4) is 0 Å². The molecule has 0 saturated heterocycles. The largest absolute Gasteiger partial charge is 1.00 e. The molecule has 0 aromatic carbocycles. The summed E-state index contributed by atoms with van der Waals surface area (Å²) < 4.78 is 0. The van der Waals surface area contributed by atoms with Gasteiger partial charge in [0.05, 0.1) is 0 Å². The van der Waals surface area contributed by atoms with Gasteiger partial charge in [-0.05, 0) is 0 Å². The first-order valence-electron chi connectivity index (χ1n) is 3.57. The summed E-state index contributed by atoms with van der Waals surface area (Å²) in [6, 6.07) is 0. The summed E-state index contributed by atoms with van der Waals surface area (Å²) in [5.74, 6) is 0. The topological polar surface area (TPSA) is 0 Å². The number of unbranched alkanes of at least 4 members (excludes halogenated alkanes) is 2. The van der Waals surface area contributed by atoms with Gasteiger partial charge in [-0.25, -0.2) is 0 Å². The van der Waals surface area contributed by atoms with Crippen LogP contribution in [0.2, 0.25) is 0 Å². The molecule has 0 aliphatic heterocycles. The van der Waals surface area contributed by atoms with Crippen molar-refractivity contribution in [2.24, 2.45) is 0 Å². The fraction of sp³-hybridized carbons (Fsp3) is 0.875. The molecule has 0 spiro atoms. The molecule has 52 valence electrons. The van der Waals surface area contributed by atoms with Crippen LogP contribution in [0.15, 0.2) is 0 Å². The molecule has 0 fully saturated rings. The quantitative estimate of drug-likeness (QED) is 0.368. The molecule has 9 heavy (non-hydrogen) atoms. The average molecular weight is 122 g/mol. The smallest absolute Gasteiger partial charge is 0.335 e. The van der Waals surface area contributed by atoms with Crippen molar-refractivity contribution in [3.05, 3.63) is 6.42 Å². The molecule has 0 rings (SSSR count). The van der Waals surface area contributed by atoms with Crippen LogP contribution in [0.5, 0.6) is 0 Å². The molecule has 0 saturated carbocycles. The SMILES string of the molecule is CCCCC.C[CH-]C.[Li+]. The molecule has 0 unspecified atom stereocenters. The first-order chi connectivity index (χ1) is 3.83. The van der Waals surface area contributed by atoms with Gasteiger partial charge in [-0.3, -0.25) is 0 Å². The second-order valence-corrected chi connectivity index (χ2v) is 1.93. The molecular formula is C8H19Li. The molecule has 0 aromatic heterocycles. The number of hydrogen-bond acceptors (Lipinski definition) is 0. The van der Waals surface area contributed by atoms with E-state index in [1.807, 2.05) is 20.3 Å². The summed E-state index contributed by atoms with van der Waals surface area (Å²) in [6.07, 6.45) is 6.08. The second-order valence-electron chi connectivity index (χ2n) is 1.93. The van der Waals surface area contributed by atoms with E-state index in [4.69, 9.17) is 0 Å². The van der Waals surface area contributed by atoms with Gasteiger partial charge < -0.3 is 6.42 Å². The monoisotopic (exact) mass is 122 g/mol. The molecule has 0 atom stereocenters. The Labute approximate surface area is 72.6 Å². The fourth-order valence-electron chi connectivity index (χ4n) is 0.354. The van der Waals surface area contributed by atoms with Gasteiger partial charge in [0.25, 0.3) is 0 Å². The standard InChI is InChI=1S/C5H12.C3H7.Li/c1-3-5-4-2;1-3-2;/h3-5H2,1-2H3;3H,1-2H3;/q;-1;+1. The Bertz CT molecular complexity index is 18.5. The summed E-state index contributed by atoms with van der Waals surface area (Å²) in [7, 11) is 0. The van der Waals surface area contributed by atoms with Gasteiger partial charge in [0, 0.05) is 0 Å². The molecule has 0 amide bonds. The predicted molar refractivity (Wildman–Crippen MR) is 40.8 cm³/mol. The first-order valence-corrected chi connectivity index (χ1v) is 3.57. The summed E-state index contributed by atoms with van der Waals surface area (Å²) in [5, 5.41) is 0. The van der Waals surface area contributed by atoms with Crippen LogP contribution < -0.4 is 18.9 Å². The van der Waals surface area contributed by atoms with Gasteiger partial charge in [-0.1, -0.05) is 33.1 Å². The zero-order valence-electron chi connectivity index (χ0n) is 7.70. The fourth-order valence-corrected chi connectivity index (χ4v) is 0.354. The average Bonchev–Trinajstić information content (AvgIpc) is 1.71. The second kappa shape index (κ2) is 23.5. The maximum atomic E-state index is 2.21. The van der Waals surface area contributed by atoms with Crippen molar-refractivity contribution in [1.29, 1.82) is 0 Å². The van der Waals surface area contributed by atoms with E-state index in [1.54, 1.807) is 0 Å². The van der Waals surface area contributed by atoms with Crippen molar-refractivity contribution in [3.63, 3.8) is 0 Å². The molecule has 0 aliphatic rings. The van der Waals surface area contributed by atoms with Crippen LogP contribution in [0.25, 0.3) is 0 Å². The zero-order valence-corrected chi connectivity index (χ0v) is 7.70. The van der Waals surface area contributed by atoms with Gasteiger partial charge in [0.1, 0.15) is 0 Å². The number of rotatable bonds is 2. The Morgan fingerprint density at radius 3 is 1.22 bits per heavy atom. The molecule has 0 bridgehead atoms. The van der Waals surface area contributed by atoms with Gasteiger partial charge >= 0.3 is 18.9 Å². The van der Waals surface area contributed by atoms with Gasteiger partial charge in [-0.2, -0.15) is 13.8 Å². The van der Waals surface area contributed by atoms with Crippen molar-refractivity contribution in [2.75, 3.05) is 0 Å². The minimum atomic E-state index is 0. The van der Waals surface area contributed by atoms with E-state index in [0.29, 0.717) is 0 Å². The maximum absolute atomic E-state index is 2.21. The molecule has 0 radical (unpaired) electrons. The van der Waals surface area contributed by atoms with Crippen LogP contribution in [-0.4, -0.2) is 0 Å². The van der Waals surface area contributed by atoms with Gasteiger partial charge in [0.15, 0.2) is 0 Å². The van der Waals surface area contributed by atoms with E-state index in [1.165, 1.54) is 19.3 Å². The van der Waals surface area contributed by atoms with Crippen LogP contribution in [0, 0.1) is 6.42 Å². The van der Waals surface area contributed by atoms with E-state index < -0.39 is 0 Å². The van der Waals surface area contributed by atoms with E-state index in [0.717, 1.165) is 0 Å². The van der Waals surface area contributed by atoms with Crippen LogP contribution in [0.4, 0.5) is 0 Å². The third kappa shape index (κ3) is 55.5. The van der Waals surface area contributed by atoms with Crippen molar-refractivity contribution >= 4 is 0 Å². The Kier molecular flexibility index (Phi) is 42.5. The molecule has 0 N–H and O–H groups in total. The van der Waals surface area contributed by atoms with Crippen LogP contribution >= 0.6 is 0 Å². The van der Waals surface area contributed by atoms with Crippen LogP contribution in [0.3, 0.4) is 0 Å². The summed E-state index contributed by atoms with van der Waals surface area (Å²) >= 11 is 0.